The summed E-state index contributed by atoms with van der Waals surface area (Å²) in [4.78, 5) is 15.1. The highest BCUT2D eigenvalue weighted by molar-refractivity contribution is 5.89. The molecule has 0 N–H and O–H groups in total. The Labute approximate surface area is 107 Å². The minimum Gasteiger partial charge on any atom is -0.297 e. The molecular weight excluding hydrogens is 210 g/mol. The van der Waals surface area contributed by atoms with Crippen LogP contribution in [0.4, 0.5) is 0 Å². The van der Waals surface area contributed by atoms with Gasteiger partial charge in [0.15, 0.2) is 5.78 Å². The molecule has 0 bridgehead atoms. The monoisotopic (exact) mass is 239 g/mol. The van der Waals surface area contributed by atoms with Crippen molar-refractivity contribution < 1.29 is 4.79 Å². The van der Waals surface area contributed by atoms with Gasteiger partial charge in [0.2, 0.25) is 0 Å². The topological polar surface area (TPSA) is 20.3 Å². The first-order valence-corrected chi connectivity index (χ1v) is 7.35. The van der Waals surface area contributed by atoms with Crippen molar-refractivity contribution in [3.63, 3.8) is 0 Å². The van der Waals surface area contributed by atoms with E-state index in [1.165, 1.54) is 19.3 Å². The SMILES string of the molecule is CCCC(C)C(=O)C(C)(CC)N1CCCCC1. The molecule has 0 spiro atoms. The summed E-state index contributed by atoms with van der Waals surface area (Å²) >= 11 is 0. The van der Waals surface area contributed by atoms with Gasteiger partial charge < -0.3 is 0 Å². The van der Waals surface area contributed by atoms with Crippen LogP contribution in [-0.4, -0.2) is 29.3 Å². The highest BCUT2D eigenvalue weighted by Gasteiger charge is 2.39. The molecule has 2 heteroatoms. The Morgan fingerprint density at radius 2 is 1.82 bits per heavy atom. The van der Waals surface area contributed by atoms with Crippen molar-refractivity contribution in [2.75, 3.05) is 13.1 Å². The Bertz CT molecular complexity index is 245. The third-order valence-electron chi connectivity index (χ3n) is 4.44. The molecule has 1 aliphatic rings. The molecule has 0 saturated carbocycles. The van der Waals surface area contributed by atoms with Crippen molar-refractivity contribution in [2.24, 2.45) is 5.92 Å². The van der Waals surface area contributed by atoms with E-state index in [9.17, 15) is 4.79 Å². The average Bonchev–Trinajstić information content (AvgIpc) is 2.38. The van der Waals surface area contributed by atoms with Crippen LogP contribution in [0.1, 0.15) is 66.2 Å². The molecular formula is C15H29NO. The van der Waals surface area contributed by atoms with Crippen LogP contribution in [0.3, 0.4) is 0 Å². The third kappa shape index (κ3) is 3.31. The van der Waals surface area contributed by atoms with Crippen LogP contribution in [0.2, 0.25) is 0 Å². The summed E-state index contributed by atoms with van der Waals surface area (Å²) in [6.07, 6.45) is 6.92. The first kappa shape index (κ1) is 14.7. The highest BCUT2D eigenvalue weighted by Crippen LogP contribution is 2.28. The van der Waals surface area contributed by atoms with E-state index < -0.39 is 0 Å². The Kier molecular flexibility index (Phi) is 5.64. The van der Waals surface area contributed by atoms with Crippen LogP contribution < -0.4 is 0 Å². The van der Waals surface area contributed by atoms with Gasteiger partial charge in [-0.2, -0.15) is 0 Å². The molecule has 17 heavy (non-hydrogen) atoms. The molecule has 0 aliphatic carbocycles. The van der Waals surface area contributed by atoms with Crippen LogP contribution >= 0.6 is 0 Å². The van der Waals surface area contributed by atoms with E-state index in [2.05, 4.69) is 32.6 Å². The van der Waals surface area contributed by atoms with Gasteiger partial charge in [-0.25, -0.2) is 0 Å². The molecule has 2 nitrogen and oxygen atoms in total. The summed E-state index contributed by atoms with van der Waals surface area (Å²) in [5.41, 5.74) is -0.213. The number of Topliss-reactive ketones (excluding diaryl/α,β-unsaturated/α-hetero) is 1. The minimum atomic E-state index is -0.213. The summed E-state index contributed by atoms with van der Waals surface area (Å²) in [5, 5.41) is 0. The number of likely N-dealkylation sites (tertiary alicyclic amines) is 1. The molecule has 1 saturated heterocycles. The second-order valence-corrected chi connectivity index (χ2v) is 5.73. The van der Waals surface area contributed by atoms with Crippen LogP contribution in [0, 0.1) is 5.92 Å². The van der Waals surface area contributed by atoms with Gasteiger partial charge in [-0.3, -0.25) is 9.69 Å². The zero-order valence-electron chi connectivity index (χ0n) is 12.1. The molecule has 100 valence electrons. The van der Waals surface area contributed by atoms with Crippen molar-refractivity contribution in [3.05, 3.63) is 0 Å². The Morgan fingerprint density at radius 3 is 2.29 bits per heavy atom. The number of carbonyl (C=O) groups excluding carboxylic acids is 1. The molecule has 0 aromatic heterocycles. The fourth-order valence-corrected chi connectivity index (χ4v) is 3.04. The highest BCUT2D eigenvalue weighted by atomic mass is 16.1. The fraction of sp³-hybridized carbons (Fsp3) is 0.933. The molecule has 2 unspecified atom stereocenters. The lowest BCUT2D eigenvalue weighted by Crippen LogP contribution is -2.55. The van der Waals surface area contributed by atoms with E-state index in [1.54, 1.807) is 0 Å². The van der Waals surface area contributed by atoms with Crippen molar-refractivity contribution >= 4 is 5.78 Å². The van der Waals surface area contributed by atoms with E-state index in [0.29, 0.717) is 5.78 Å². The lowest BCUT2D eigenvalue weighted by Gasteiger charge is -2.43. The third-order valence-corrected chi connectivity index (χ3v) is 4.44. The fourth-order valence-electron chi connectivity index (χ4n) is 3.04. The Balaban J connectivity index is 2.74. The molecule has 1 heterocycles. The first-order valence-electron chi connectivity index (χ1n) is 7.35. The molecule has 2 atom stereocenters. The van der Waals surface area contributed by atoms with Crippen molar-refractivity contribution in [3.8, 4) is 0 Å². The number of carbonyl (C=O) groups is 1. The number of hydrogen-bond acceptors (Lipinski definition) is 2. The number of nitrogens with zero attached hydrogens (tertiary/aromatic N) is 1. The summed E-state index contributed by atoms with van der Waals surface area (Å²) in [5.74, 6) is 0.677. The number of ketones is 1. The maximum Gasteiger partial charge on any atom is 0.155 e. The summed E-state index contributed by atoms with van der Waals surface area (Å²) in [6.45, 7) is 10.8. The maximum atomic E-state index is 12.6. The van der Waals surface area contributed by atoms with Crippen molar-refractivity contribution in [1.82, 2.24) is 4.90 Å². The lowest BCUT2D eigenvalue weighted by molar-refractivity contribution is -0.135. The van der Waals surface area contributed by atoms with Crippen LogP contribution in [0.5, 0.6) is 0 Å². The molecule has 0 amide bonds. The number of piperidine rings is 1. The maximum absolute atomic E-state index is 12.6. The van der Waals surface area contributed by atoms with Gasteiger partial charge in [-0.15, -0.1) is 0 Å². The normalized spacial score (nSPS) is 23.1. The van der Waals surface area contributed by atoms with Gasteiger partial charge in [-0.1, -0.05) is 33.6 Å². The zero-order valence-corrected chi connectivity index (χ0v) is 12.1. The van der Waals surface area contributed by atoms with E-state index in [1.807, 2.05) is 0 Å². The standard InChI is InChI=1S/C15H29NO/c1-5-10-13(3)14(17)15(4,6-2)16-11-8-7-9-12-16/h13H,5-12H2,1-4H3. The summed E-state index contributed by atoms with van der Waals surface area (Å²) in [6, 6.07) is 0. The second kappa shape index (κ2) is 6.53. The second-order valence-electron chi connectivity index (χ2n) is 5.73. The first-order chi connectivity index (χ1) is 8.06. The molecule has 0 aromatic carbocycles. The molecule has 1 rings (SSSR count). The Hall–Kier alpha value is -0.370. The smallest absolute Gasteiger partial charge is 0.155 e. The molecule has 0 aromatic rings. The van der Waals surface area contributed by atoms with Gasteiger partial charge in [0.25, 0.3) is 0 Å². The van der Waals surface area contributed by atoms with E-state index in [4.69, 9.17) is 0 Å². The predicted molar refractivity (Wildman–Crippen MR) is 73.2 cm³/mol. The summed E-state index contributed by atoms with van der Waals surface area (Å²) in [7, 11) is 0. The van der Waals surface area contributed by atoms with Gasteiger partial charge >= 0.3 is 0 Å². The van der Waals surface area contributed by atoms with Crippen LogP contribution in [-0.2, 0) is 4.79 Å². The molecule has 0 radical (unpaired) electrons. The predicted octanol–water partition coefficient (Wildman–Crippen LogP) is 3.65. The van der Waals surface area contributed by atoms with Gasteiger partial charge in [0.1, 0.15) is 0 Å². The largest absolute Gasteiger partial charge is 0.297 e. The van der Waals surface area contributed by atoms with Crippen LogP contribution in [0.25, 0.3) is 0 Å². The zero-order chi connectivity index (χ0) is 12.9. The van der Waals surface area contributed by atoms with E-state index in [-0.39, 0.29) is 11.5 Å². The van der Waals surface area contributed by atoms with Crippen molar-refractivity contribution in [1.29, 1.82) is 0 Å². The van der Waals surface area contributed by atoms with Gasteiger partial charge in [0.05, 0.1) is 5.54 Å². The lowest BCUT2D eigenvalue weighted by atomic mass is 9.81. The Morgan fingerprint density at radius 1 is 1.24 bits per heavy atom. The number of hydrogen-bond donors (Lipinski definition) is 0. The summed E-state index contributed by atoms with van der Waals surface area (Å²) < 4.78 is 0. The average molecular weight is 239 g/mol. The van der Waals surface area contributed by atoms with E-state index in [0.717, 1.165) is 32.4 Å². The van der Waals surface area contributed by atoms with Gasteiger partial charge in [-0.05, 0) is 45.7 Å². The van der Waals surface area contributed by atoms with Crippen molar-refractivity contribution in [2.45, 2.75) is 71.8 Å². The van der Waals surface area contributed by atoms with E-state index >= 15 is 0 Å². The molecule has 1 aliphatic heterocycles. The minimum absolute atomic E-state index is 0.213. The molecule has 1 fully saturated rings. The number of rotatable bonds is 6. The quantitative estimate of drug-likeness (QED) is 0.705. The van der Waals surface area contributed by atoms with Gasteiger partial charge in [0, 0.05) is 5.92 Å². The van der Waals surface area contributed by atoms with Crippen LogP contribution in [0.15, 0.2) is 0 Å².